The number of aromatic nitrogens is 3. The van der Waals surface area contributed by atoms with Gasteiger partial charge in [0.15, 0.2) is 0 Å². The monoisotopic (exact) mass is 568 g/mol. The van der Waals surface area contributed by atoms with Crippen molar-refractivity contribution in [3.8, 4) is 0 Å². The van der Waals surface area contributed by atoms with Crippen molar-refractivity contribution in [1.29, 1.82) is 0 Å². The first-order valence-corrected chi connectivity index (χ1v) is 14.0. The third kappa shape index (κ3) is 13.4. The smallest absolute Gasteiger partial charge is 0.251 e. The number of nitrogens with one attached hydrogen (secondary N) is 4. The molecule has 0 atom stereocenters. The van der Waals surface area contributed by atoms with Gasteiger partial charge in [0.25, 0.3) is 5.91 Å². The van der Waals surface area contributed by atoms with Crippen molar-refractivity contribution >= 4 is 23.8 Å². The number of nitrogens with two attached hydrogens (primary N) is 1. The second-order valence-electron chi connectivity index (χ2n) is 9.19. The van der Waals surface area contributed by atoms with Crippen LogP contribution < -0.4 is 27.0 Å². The molecule has 12 heteroatoms. The van der Waals surface area contributed by atoms with Crippen LogP contribution in [0.15, 0.2) is 54.6 Å². The lowest BCUT2D eigenvalue weighted by atomic mass is 10.2. The second kappa shape index (κ2) is 19.2. The van der Waals surface area contributed by atoms with E-state index in [0.29, 0.717) is 76.0 Å². The molecule has 0 saturated carbocycles. The average molecular weight is 569 g/mol. The summed E-state index contributed by atoms with van der Waals surface area (Å²) >= 11 is 0. The summed E-state index contributed by atoms with van der Waals surface area (Å²) < 4.78 is 24.7. The van der Waals surface area contributed by atoms with Crippen molar-refractivity contribution in [2.75, 3.05) is 68.6 Å². The molecular formula is C29H41FN8O3. The number of rotatable bonds is 21. The first kappa shape index (κ1) is 31.7. The number of benzene rings is 2. The van der Waals surface area contributed by atoms with Gasteiger partial charge in [0.2, 0.25) is 17.8 Å². The van der Waals surface area contributed by atoms with Gasteiger partial charge in [-0.25, -0.2) is 4.39 Å². The number of halogens is 1. The lowest BCUT2D eigenvalue weighted by Gasteiger charge is -2.12. The van der Waals surface area contributed by atoms with Crippen molar-refractivity contribution in [3.05, 3.63) is 71.5 Å². The highest BCUT2D eigenvalue weighted by Gasteiger charge is 2.07. The summed E-state index contributed by atoms with van der Waals surface area (Å²) in [5.74, 6) is 0.826. The molecule has 0 aliphatic carbocycles. The molecule has 0 unspecified atom stereocenters. The van der Waals surface area contributed by atoms with Crippen LogP contribution in [-0.2, 0) is 16.0 Å². The Morgan fingerprint density at radius 3 is 2.10 bits per heavy atom. The molecule has 41 heavy (non-hydrogen) atoms. The Hall–Kier alpha value is -3.87. The fraction of sp³-hybridized carbons (Fsp3) is 0.448. The summed E-state index contributed by atoms with van der Waals surface area (Å²) in [5, 5.41) is 12.4. The predicted molar refractivity (Wildman–Crippen MR) is 158 cm³/mol. The standard InChI is InChI=1S/C29H41FN8O3/c30-25-12-8-9-23(21-25)22-35-29-37-27(33-14-7-2-1-6-13-31)36-28(38-29)34-16-18-41-20-19-40-17-15-32-26(39)24-10-4-3-5-11-24/h3-5,8-12,21H,1-2,6-7,13-20,22,31H2,(H,32,39)(H3,33,34,35,36,37,38). The minimum atomic E-state index is -0.292. The molecule has 0 bridgehead atoms. The molecule has 1 amide bonds. The molecule has 222 valence electrons. The van der Waals surface area contributed by atoms with E-state index in [9.17, 15) is 9.18 Å². The summed E-state index contributed by atoms with van der Waals surface area (Å²) in [6.45, 7) is 4.39. The fourth-order valence-corrected chi connectivity index (χ4v) is 3.75. The molecule has 0 aliphatic rings. The van der Waals surface area contributed by atoms with Crippen LogP contribution in [0.4, 0.5) is 22.2 Å². The van der Waals surface area contributed by atoms with Crippen molar-refractivity contribution in [1.82, 2.24) is 20.3 Å². The first-order valence-electron chi connectivity index (χ1n) is 14.0. The van der Waals surface area contributed by atoms with E-state index in [1.165, 1.54) is 12.1 Å². The number of hydrogen-bond donors (Lipinski definition) is 5. The highest BCUT2D eigenvalue weighted by Crippen LogP contribution is 2.12. The summed E-state index contributed by atoms with van der Waals surface area (Å²) in [7, 11) is 0. The minimum absolute atomic E-state index is 0.122. The zero-order chi connectivity index (χ0) is 29.0. The predicted octanol–water partition coefficient (Wildman–Crippen LogP) is 3.43. The Kier molecular flexibility index (Phi) is 14.9. The summed E-state index contributed by atoms with van der Waals surface area (Å²) in [5.41, 5.74) is 6.96. The second-order valence-corrected chi connectivity index (χ2v) is 9.19. The average Bonchev–Trinajstić information content (AvgIpc) is 2.99. The van der Waals surface area contributed by atoms with E-state index >= 15 is 0 Å². The maximum atomic E-state index is 13.5. The maximum Gasteiger partial charge on any atom is 0.251 e. The van der Waals surface area contributed by atoms with Crippen LogP contribution in [0.25, 0.3) is 0 Å². The number of hydrogen-bond acceptors (Lipinski definition) is 10. The summed E-state index contributed by atoms with van der Waals surface area (Å²) in [6.07, 6.45) is 4.18. The molecule has 0 spiro atoms. The van der Waals surface area contributed by atoms with Gasteiger partial charge in [-0.1, -0.05) is 43.2 Å². The maximum absolute atomic E-state index is 13.5. The van der Waals surface area contributed by atoms with Crippen LogP contribution in [0.5, 0.6) is 0 Å². The molecule has 1 heterocycles. The molecule has 6 N–H and O–H groups in total. The Bertz CT molecular complexity index is 1160. The highest BCUT2D eigenvalue weighted by atomic mass is 19.1. The number of unbranched alkanes of at least 4 members (excludes halogenated alkanes) is 3. The summed E-state index contributed by atoms with van der Waals surface area (Å²) in [4.78, 5) is 25.3. The normalized spacial score (nSPS) is 10.8. The quantitative estimate of drug-likeness (QED) is 0.121. The number of amides is 1. The van der Waals surface area contributed by atoms with Gasteiger partial charge in [0.05, 0.1) is 26.4 Å². The van der Waals surface area contributed by atoms with Crippen molar-refractivity contribution in [2.45, 2.75) is 32.2 Å². The van der Waals surface area contributed by atoms with E-state index in [-0.39, 0.29) is 11.7 Å². The fourth-order valence-electron chi connectivity index (χ4n) is 3.75. The Morgan fingerprint density at radius 2 is 1.39 bits per heavy atom. The topological polar surface area (TPSA) is 148 Å². The number of nitrogens with zero attached hydrogens (tertiary/aromatic N) is 3. The molecule has 0 fully saturated rings. The van der Waals surface area contributed by atoms with Crippen LogP contribution in [0.1, 0.15) is 41.6 Å². The van der Waals surface area contributed by atoms with Gasteiger partial charge in [-0.3, -0.25) is 4.79 Å². The molecule has 3 aromatic rings. The van der Waals surface area contributed by atoms with Gasteiger partial charge < -0.3 is 36.5 Å². The van der Waals surface area contributed by atoms with Gasteiger partial charge in [-0.2, -0.15) is 15.0 Å². The molecule has 0 radical (unpaired) electrons. The van der Waals surface area contributed by atoms with Gasteiger partial charge in [0.1, 0.15) is 5.82 Å². The van der Waals surface area contributed by atoms with Gasteiger partial charge in [-0.05, 0) is 49.2 Å². The van der Waals surface area contributed by atoms with E-state index < -0.39 is 0 Å². The number of carbonyl (C=O) groups is 1. The van der Waals surface area contributed by atoms with Crippen molar-refractivity contribution < 1.29 is 18.7 Å². The lowest BCUT2D eigenvalue weighted by molar-refractivity contribution is 0.0519. The van der Waals surface area contributed by atoms with Gasteiger partial charge >= 0.3 is 0 Å². The van der Waals surface area contributed by atoms with Crippen LogP contribution in [0, 0.1) is 5.82 Å². The van der Waals surface area contributed by atoms with E-state index in [1.807, 2.05) is 24.3 Å². The SMILES string of the molecule is NCCCCCCNc1nc(NCCOCCOCCNC(=O)c2ccccc2)nc(NCc2cccc(F)c2)n1. The Labute approximate surface area is 240 Å². The lowest BCUT2D eigenvalue weighted by Crippen LogP contribution is -2.27. The third-order valence-corrected chi connectivity index (χ3v) is 5.86. The van der Waals surface area contributed by atoms with Crippen LogP contribution in [-0.4, -0.2) is 73.5 Å². The van der Waals surface area contributed by atoms with E-state index in [2.05, 4.69) is 36.2 Å². The van der Waals surface area contributed by atoms with E-state index in [4.69, 9.17) is 15.2 Å². The molecular weight excluding hydrogens is 527 g/mol. The molecule has 2 aromatic carbocycles. The largest absolute Gasteiger partial charge is 0.377 e. The van der Waals surface area contributed by atoms with Crippen molar-refractivity contribution in [3.63, 3.8) is 0 Å². The minimum Gasteiger partial charge on any atom is -0.377 e. The molecule has 11 nitrogen and oxygen atoms in total. The van der Waals surface area contributed by atoms with E-state index in [1.54, 1.807) is 18.2 Å². The zero-order valence-electron chi connectivity index (χ0n) is 23.4. The molecule has 0 aliphatic heterocycles. The van der Waals surface area contributed by atoms with Crippen LogP contribution >= 0.6 is 0 Å². The van der Waals surface area contributed by atoms with Crippen LogP contribution in [0.3, 0.4) is 0 Å². The number of anilines is 3. The van der Waals surface area contributed by atoms with Crippen molar-refractivity contribution in [2.24, 2.45) is 5.73 Å². The highest BCUT2D eigenvalue weighted by molar-refractivity contribution is 5.94. The number of ether oxygens (including phenoxy) is 2. The zero-order valence-corrected chi connectivity index (χ0v) is 23.4. The molecule has 3 rings (SSSR count). The van der Waals surface area contributed by atoms with E-state index in [0.717, 1.165) is 37.8 Å². The Morgan fingerprint density at radius 1 is 0.732 bits per heavy atom. The molecule has 1 aromatic heterocycles. The first-order chi connectivity index (χ1) is 20.1. The molecule has 0 saturated heterocycles. The van der Waals surface area contributed by atoms with Gasteiger partial charge in [-0.15, -0.1) is 0 Å². The van der Waals surface area contributed by atoms with Gasteiger partial charge in [0, 0.05) is 31.7 Å². The number of carbonyl (C=O) groups excluding carboxylic acids is 1. The third-order valence-electron chi connectivity index (χ3n) is 5.86. The van der Waals surface area contributed by atoms with Crippen LogP contribution in [0.2, 0.25) is 0 Å². The summed E-state index contributed by atoms with van der Waals surface area (Å²) in [6, 6.07) is 15.4. The Balaban J connectivity index is 1.35.